The van der Waals surface area contributed by atoms with Gasteiger partial charge in [-0.1, -0.05) is 36.8 Å². The first-order valence-corrected chi connectivity index (χ1v) is 10.1. The number of nitrogens with one attached hydrogen (secondary N) is 1. The maximum atomic E-state index is 12.7. The molecule has 0 aliphatic heterocycles. The summed E-state index contributed by atoms with van der Waals surface area (Å²) in [5.74, 6) is -0.0455. The van der Waals surface area contributed by atoms with Gasteiger partial charge in [0.2, 0.25) is 5.91 Å². The van der Waals surface area contributed by atoms with Crippen molar-refractivity contribution in [1.82, 2.24) is 0 Å². The molecule has 4 nitrogen and oxygen atoms in total. The van der Waals surface area contributed by atoms with E-state index in [1.165, 1.54) is 24.0 Å². The van der Waals surface area contributed by atoms with E-state index in [0.29, 0.717) is 10.6 Å². The maximum Gasteiger partial charge on any atom is 0.341 e. The molecule has 2 atom stereocenters. The van der Waals surface area contributed by atoms with Gasteiger partial charge in [-0.05, 0) is 49.1 Å². The van der Waals surface area contributed by atoms with Gasteiger partial charge in [-0.2, -0.15) is 0 Å². The number of amides is 1. The van der Waals surface area contributed by atoms with Crippen LogP contribution in [0, 0.1) is 5.92 Å². The smallest absolute Gasteiger partial charge is 0.341 e. The molecular weight excluding hydrogens is 346 g/mol. The average Bonchev–Trinajstić information content (AvgIpc) is 3.43. The molecule has 2 aliphatic carbocycles. The lowest BCUT2D eigenvalue weighted by Crippen LogP contribution is -2.16. The molecule has 136 valence electrons. The van der Waals surface area contributed by atoms with Crippen molar-refractivity contribution < 1.29 is 14.3 Å². The summed E-state index contributed by atoms with van der Waals surface area (Å²) in [6.45, 7) is 0. The second-order valence-corrected chi connectivity index (χ2v) is 8.21. The Morgan fingerprint density at radius 3 is 2.65 bits per heavy atom. The van der Waals surface area contributed by atoms with Gasteiger partial charge in [-0.25, -0.2) is 4.79 Å². The second-order valence-electron chi connectivity index (χ2n) is 7.11. The molecule has 1 amide bonds. The highest BCUT2D eigenvalue weighted by Gasteiger charge is 2.44. The number of esters is 1. The predicted molar refractivity (Wildman–Crippen MR) is 103 cm³/mol. The van der Waals surface area contributed by atoms with Crippen molar-refractivity contribution >= 4 is 28.2 Å². The van der Waals surface area contributed by atoms with Crippen LogP contribution in [-0.2, 0) is 22.4 Å². The lowest BCUT2D eigenvalue weighted by atomic mass is 10.1. The Hall–Kier alpha value is -2.14. The number of carbonyl (C=O) groups is 2. The minimum Gasteiger partial charge on any atom is -0.465 e. The van der Waals surface area contributed by atoms with E-state index >= 15 is 0 Å². The van der Waals surface area contributed by atoms with Crippen LogP contribution in [0.2, 0.25) is 0 Å². The summed E-state index contributed by atoms with van der Waals surface area (Å²) in [6.07, 6.45) is 6.15. The van der Waals surface area contributed by atoms with Crippen LogP contribution < -0.4 is 5.32 Å². The number of carbonyl (C=O) groups excluding carboxylic acids is 2. The standard InChI is InChI=1S/C21H23NO3S/c1-25-21(24)18-14-10-6-3-7-11-17(14)26-20(18)22-19(23)16-12-15(16)13-8-4-2-5-9-13/h2,4-5,8-9,15-16H,3,6-7,10-12H2,1H3,(H,22,23)/t15-,16-/m0/s1. The molecule has 2 aromatic rings. The molecule has 1 aromatic carbocycles. The normalized spacial score (nSPS) is 21.4. The van der Waals surface area contributed by atoms with Gasteiger partial charge in [0, 0.05) is 10.8 Å². The minimum absolute atomic E-state index is 0.00944. The second kappa shape index (κ2) is 7.23. The largest absolute Gasteiger partial charge is 0.465 e. The molecule has 1 aromatic heterocycles. The van der Waals surface area contributed by atoms with E-state index in [4.69, 9.17) is 4.74 Å². The number of anilines is 1. The fourth-order valence-electron chi connectivity index (χ4n) is 3.91. The zero-order valence-electron chi connectivity index (χ0n) is 14.9. The number of fused-ring (bicyclic) bond motifs is 1. The van der Waals surface area contributed by atoms with Crippen molar-refractivity contribution in [1.29, 1.82) is 0 Å². The monoisotopic (exact) mass is 369 g/mol. The molecule has 1 N–H and O–H groups in total. The number of thiophene rings is 1. The third-order valence-electron chi connectivity index (χ3n) is 5.40. The van der Waals surface area contributed by atoms with Gasteiger partial charge < -0.3 is 10.1 Å². The first-order valence-electron chi connectivity index (χ1n) is 9.27. The molecule has 0 bridgehead atoms. The third kappa shape index (κ3) is 3.28. The maximum absolute atomic E-state index is 12.7. The topological polar surface area (TPSA) is 55.4 Å². The Labute approximate surface area is 157 Å². The van der Waals surface area contributed by atoms with Gasteiger partial charge >= 0.3 is 5.97 Å². The number of hydrogen-bond donors (Lipinski definition) is 1. The fraction of sp³-hybridized carbons (Fsp3) is 0.429. The number of ether oxygens (including phenoxy) is 1. The first kappa shape index (κ1) is 17.3. The first-order chi connectivity index (χ1) is 12.7. The Bertz CT molecular complexity index is 827. The van der Waals surface area contributed by atoms with Crippen LogP contribution >= 0.6 is 11.3 Å². The summed E-state index contributed by atoms with van der Waals surface area (Å²) < 4.78 is 5.01. The van der Waals surface area contributed by atoms with E-state index in [0.717, 1.165) is 37.7 Å². The summed E-state index contributed by atoms with van der Waals surface area (Å²) in [5, 5.41) is 3.72. The van der Waals surface area contributed by atoms with Crippen LogP contribution in [-0.4, -0.2) is 19.0 Å². The molecule has 0 radical (unpaired) electrons. The van der Waals surface area contributed by atoms with Gasteiger partial charge in [0.1, 0.15) is 5.00 Å². The van der Waals surface area contributed by atoms with E-state index < -0.39 is 0 Å². The van der Waals surface area contributed by atoms with Crippen LogP contribution in [0.1, 0.15) is 58.0 Å². The van der Waals surface area contributed by atoms with Gasteiger partial charge in [-0.3, -0.25) is 4.79 Å². The van der Waals surface area contributed by atoms with Crippen LogP contribution in [0.15, 0.2) is 30.3 Å². The zero-order chi connectivity index (χ0) is 18.1. The van der Waals surface area contributed by atoms with Crippen molar-refractivity contribution in [2.24, 2.45) is 5.92 Å². The van der Waals surface area contributed by atoms with E-state index in [1.807, 2.05) is 18.2 Å². The van der Waals surface area contributed by atoms with Crippen LogP contribution in [0.25, 0.3) is 0 Å². The molecular formula is C21H23NO3S. The number of aryl methyl sites for hydroxylation is 1. The Balaban J connectivity index is 1.55. The van der Waals surface area contributed by atoms with E-state index in [-0.39, 0.29) is 23.7 Å². The SMILES string of the molecule is COC(=O)c1c(NC(=O)[C@H]2C[C@H]2c2ccccc2)sc2c1CCCCC2. The summed E-state index contributed by atoms with van der Waals surface area (Å²) in [7, 11) is 1.40. The van der Waals surface area contributed by atoms with Gasteiger partial charge in [0.25, 0.3) is 0 Å². The lowest BCUT2D eigenvalue weighted by Gasteiger charge is -2.07. The van der Waals surface area contributed by atoms with Crippen LogP contribution in [0.5, 0.6) is 0 Å². The highest BCUT2D eigenvalue weighted by molar-refractivity contribution is 7.17. The van der Waals surface area contributed by atoms with Crippen LogP contribution in [0.4, 0.5) is 5.00 Å². The van der Waals surface area contributed by atoms with E-state index in [2.05, 4.69) is 17.4 Å². The average molecular weight is 369 g/mol. The number of benzene rings is 1. The lowest BCUT2D eigenvalue weighted by molar-refractivity contribution is -0.117. The molecule has 4 rings (SSSR count). The molecule has 1 fully saturated rings. The van der Waals surface area contributed by atoms with Crippen molar-refractivity contribution in [3.05, 3.63) is 51.9 Å². The molecule has 0 unspecified atom stereocenters. The number of methoxy groups -OCH3 is 1. The Morgan fingerprint density at radius 2 is 1.88 bits per heavy atom. The molecule has 26 heavy (non-hydrogen) atoms. The van der Waals surface area contributed by atoms with Crippen LogP contribution in [0.3, 0.4) is 0 Å². The number of hydrogen-bond acceptors (Lipinski definition) is 4. The molecule has 0 saturated heterocycles. The molecule has 1 heterocycles. The highest BCUT2D eigenvalue weighted by Crippen LogP contribution is 2.48. The van der Waals surface area contributed by atoms with Gasteiger partial charge in [-0.15, -0.1) is 11.3 Å². The highest BCUT2D eigenvalue weighted by atomic mass is 32.1. The quantitative estimate of drug-likeness (QED) is 0.636. The summed E-state index contributed by atoms with van der Waals surface area (Å²) in [6, 6.07) is 10.2. The van der Waals surface area contributed by atoms with E-state index in [9.17, 15) is 9.59 Å². The Morgan fingerprint density at radius 1 is 1.12 bits per heavy atom. The summed E-state index contributed by atoms with van der Waals surface area (Å²) in [4.78, 5) is 26.3. The van der Waals surface area contributed by atoms with Crippen molar-refractivity contribution in [3.63, 3.8) is 0 Å². The Kier molecular flexibility index (Phi) is 4.81. The summed E-state index contributed by atoms with van der Waals surface area (Å²) >= 11 is 1.56. The van der Waals surface area contributed by atoms with Crippen molar-refractivity contribution in [2.75, 3.05) is 12.4 Å². The zero-order valence-corrected chi connectivity index (χ0v) is 15.7. The van der Waals surface area contributed by atoms with Crippen molar-refractivity contribution in [2.45, 2.75) is 44.4 Å². The molecule has 2 aliphatic rings. The molecule has 5 heteroatoms. The van der Waals surface area contributed by atoms with E-state index in [1.54, 1.807) is 11.3 Å². The predicted octanol–water partition coefficient (Wildman–Crippen LogP) is 4.55. The third-order valence-corrected chi connectivity index (χ3v) is 6.61. The van der Waals surface area contributed by atoms with Gasteiger partial charge in [0.15, 0.2) is 0 Å². The van der Waals surface area contributed by atoms with Crippen molar-refractivity contribution in [3.8, 4) is 0 Å². The minimum atomic E-state index is -0.338. The number of rotatable bonds is 4. The fourth-order valence-corrected chi connectivity index (χ4v) is 5.19. The van der Waals surface area contributed by atoms with Gasteiger partial charge in [0.05, 0.1) is 12.7 Å². The summed E-state index contributed by atoms with van der Waals surface area (Å²) in [5.41, 5.74) is 2.88. The molecule has 0 spiro atoms. The molecule has 1 saturated carbocycles.